The Morgan fingerprint density at radius 3 is 2.92 bits per heavy atom. The quantitative estimate of drug-likeness (QED) is 0.882. The molecule has 0 fully saturated rings. The number of nitrogens with zero attached hydrogens (tertiary/aromatic N) is 1. The number of halogens is 1. The fourth-order valence-electron chi connectivity index (χ4n) is 1.10. The standard InChI is InChI=1S/C10H14BrNO/c1-8(7-13)2-3-9-4-10(11)6-12-5-9/h4-6,8,13H,2-3,7H2,1H3. The maximum absolute atomic E-state index is 8.84. The fraction of sp³-hybridized carbons (Fsp3) is 0.500. The third kappa shape index (κ3) is 3.87. The predicted molar refractivity (Wildman–Crippen MR) is 56.5 cm³/mol. The largest absolute Gasteiger partial charge is 0.396 e. The lowest BCUT2D eigenvalue weighted by atomic mass is 10.0. The first-order valence-electron chi connectivity index (χ1n) is 4.42. The molecule has 1 atom stereocenters. The Balaban J connectivity index is 2.45. The Morgan fingerprint density at radius 2 is 2.31 bits per heavy atom. The Morgan fingerprint density at radius 1 is 1.54 bits per heavy atom. The molecular weight excluding hydrogens is 230 g/mol. The van der Waals surface area contributed by atoms with E-state index < -0.39 is 0 Å². The Hall–Kier alpha value is -0.410. The van der Waals surface area contributed by atoms with Crippen LogP contribution in [0.25, 0.3) is 0 Å². The average Bonchev–Trinajstić information content (AvgIpc) is 2.14. The van der Waals surface area contributed by atoms with Crippen LogP contribution in [0.4, 0.5) is 0 Å². The van der Waals surface area contributed by atoms with Crippen LogP contribution in [0.5, 0.6) is 0 Å². The zero-order valence-electron chi connectivity index (χ0n) is 7.70. The lowest BCUT2D eigenvalue weighted by Crippen LogP contribution is -2.02. The van der Waals surface area contributed by atoms with E-state index >= 15 is 0 Å². The van der Waals surface area contributed by atoms with E-state index in [9.17, 15) is 0 Å². The van der Waals surface area contributed by atoms with Gasteiger partial charge in [-0.25, -0.2) is 0 Å². The minimum Gasteiger partial charge on any atom is -0.396 e. The average molecular weight is 244 g/mol. The molecule has 0 aliphatic carbocycles. The highest BCUT2D eigenvalue weighted by Gasteiger charge is 2.01. The van der Waals surface area contributed by atoms with Gasteiger partial charge in [0.25, 0.3) is 0 Å². The molecule has 1 unspecified atom stereocenters. The van der Waals surface area contributed by atoms with Gasteiger partial charge in [-0.15, -0.1) is 0 Å². The van der Waals surface area contributed by atoms with Crippen molar-refractivity contribution in [2.45, 2.75) is 19.8 Å². The van der Waals surface area contributed by atoms with Crippen molar-refractivity contribution in [3.63, 3.8) is 0 Å². The van der Waals surface area contributed by atoms with Crippen molar-refractivity contribution in [1.29, 1.82) is 0 Å². The fourth-order valence-corrected chi connectivity index (χ4v) is 1.51. The van der Waals surface area contributed by atoms with Crippen molar-refractivity contribution in [2.75, 3.05) is 6.61 Å². The third-order valence-corrected chi connectivity index (χ3v) is 2.43. The molecule has 0 aliphatic heterocycles. The molecule has 0 saturated carbocycles. The van der Waals surface area contributed by atoms with E-state index in [-0.39, 0.29) is 6.61 Å². The number of aromatic nitrogens is 1. The van der Waals surface area contributed by atoms with Crippen LogP contribution in [0.3, 0.4) is 0 Å². The number of hydrogen-bond acceptors (Lipinski definition) is 2. The van der Waals surface area contributed by atoms with Gasteiger partial charge in [-0.2, -0.15) is 0 Å². The summed E-state index contributed by atoms with van der Waals surface area (Å²) in [6.07, 6.45) is 5.64. The SMILES string of the molecule is CC(CO)CCc1cncc(Br)c1. The van der Waals surface area contributed by atoms with Gasteiger partial charge >= 0.3 is 0 Å². The summed E-state index contributed by atoms with van der Waals surface area (Å²) >= 11 is 3.37. The molecule has 0 saturated heterocycles. The first kappa shape index (κ1) is 10.7. The first-order valence-corrected chi connectivity index (χ1v) is 5.22. The second-order valence-electron chi connectivity index (χ2n) is 3.34. The Bertz CT molecular complexity index is 265. The zero-order chi connectivity index (χ0) is 9.68. The number of hydrogen-bond donors (Lipinski definition) is 1. The van der Waals surface area contributed by atoms with Gasteiger partial charge in [0, 0.05) is 23.5 Å². The molecule has 2 nitrogen and oxygen atoms in total. The van der Waals surface area contributed by atoms with Gasteiger partial charge < -0.3 is 5.11 Å². The summed E-state index contributed by atoms with van der Waals surface area (Å²) in [6.45, 7) is 2.31. The second kappa shape index (κ2) is 5.35. The van der Waals surface area contributed by atoms with Crippen LogP contribution < -0.4 is 0 Å². The molecule has 1 rings (SSSR count). The summed E-state index contributed by atoms with van der Waals surface area (Å²) in [5.74, 6) is 0.374. The van der Waals surface area contributed by atoms with E-state index in [4.69, 9.17) is 5.11 Å². The van der Waals surface area contributed by atoms with Crippen LogP contribution in [0.15, 0.2) is 22.9 Å². The molecule has 1 heterocycles. The molecule has 0 spiro atoms. The molecule has 1 N–H and O–H groups in total. The monoisotopic (exact) mass is 243 g/mol. The van der Waals surface area contributed by atoms with Crippen LogP contribution >= 0.6 is 15.9 Å². The zero-order valence-corrected chi connectivity index (χ0v) is 9.29. The van der Waals surface area contributed by atoms with Crippen LogP contribution in [-0.4, -0.2) is 16.7 Å². The van der Waals surface area contributed by atoms with E-state index in [0.29, 0.717) is 5.92 Å². The molecular formula is C10H14BrNO. The highest BCUT2D eigenvalue weighted by molar-refractivity contribution is 9.10. The first-order chi connectivity index (χ1) is 6.22. The summed E-state index contributed by atoms with van der Waals surface area (Å²) in [5.41, 5.74) is 1.22. The van der Waals surface area contributed by atoms with E-state index in [1.165, 1.54) is 5.56 Å². The van der Waals surface area contributed by atoms with E-state index in [2.05, 4.69) is 27.0 Å². The smallest absolute Gasteiger partial charge is 0.0456 e. The molecule has 1 aromatic heterocycles. The van der Waals surface area contributed by atoms with Crippen molar-refractivity contribution in [2.24, 2.45) is 5.92 Å². The van der Waals surface area contributed by atoms with Gasteiger partial charge in [-0.3, -0.25) is 4.98 Å². The molecule has 72 valence electrons. The maximum atomic E-state index is 8.84. The minimum absolute atomic E-state index is 0.265. The summed E-state index contributed by atoms with van der Waals surface area (Å²) in [6, 6.07) is 2.07. The molecule has 13 heavy (non-hydrogen) atoms. The Labute approximate surface area is 87.1 Å². The predicted octanol–water partition coefficient (Wildman–Crippen LogP) is 2.41. The lowest BCUT2D eigenvalue weighted by molar-refractivity contribution is 0.230. The van der Waals surface area contributed by atoms with E-state index in [1.54, 1.807) is 6.20 Å². The van der Waals surface area contributed by atoms with Gasteiger partial charge in [-0.1, -0.05) is 6.92 Å². The van der Waals surface area contributed by atoms with Gasteiger partial charge in [-0.05, 0) is 46.3 Å². The normalized spacial score (nSPS) is 12.8. The van der Waals surface area contributed by atoms with Crippen molar-refractivity contribution >= 4 is 15.9 Å². The number of pyridine rings is 1. The van der Waals surface area contributed by atoms with Crippen molar-refractivity contribution in [1.82, 2.24) is 4.98 Å². The summed E-state index contributed by atoms with van der Waals surface area (Å²) in [5, 5.41) is 8.84. The Kier molecular flexibility index (Phi) is 4.39. The van der Waals surface area contributed by atoms with Crippen LogP contribution in [-0.2, 0) is 6.42 Å². The third-order valence-electron chi connectivity index (χ3n) is 2.00. The molecule has 0 bridgehead atoms. The van der Waals surface area contributed by atoms with Crippen molar-refractivity contribution < 1.29 is 5.11 Å². The molecule has 3 heteroatoms. The number of aliphatic hydroxyl groups is 1. The van der Waals surface area contributed by atoms with Gasteiger partial charge in [0.1, 0.15) is 0 Å². The summed E-state index contributed by atoms with van der Waals surface area (Å²) < 4.78 is 1.02. The lowest BCUT2D eigenvalue weighted by Gasteiger charge is -2.06. The highest BCUT2D eigenvalue weighted by Crippen LogP contribution is 2.13. The van der Waals surface area contributed by atoms with Crippen molar-refractivity contribution in [3.8, 4) is 0 Å². The number of rotatable bonds is 4. The van der Waals surface area contributed by atoms with E-state index in [1.807, 2.05) is 13.1 Å². The number of aliphatic hydroxyl groups excluding tert-OH is 1. The van der Waals surface area contributed by atoms with Crippen molar-refractivity contribution in [3.05, 3.63) is 28.5 Å². The molecule has 1 aromatic rings. The molecule has 0 aliphatic rings. The maximum Gasteiger partial charge on any atom is 0.0456 e. The van der Waals surface area contributed by atoms with Gasteiger partial charge in [0.2, 0.25) is 0 Å². The number of aryl methyl sites for hydroxylation is 1. The van der Waals surface area contributed by atoms with Gasteiger partial charge in [0.15, 0.2) is 0 Å². The minimum atomic E-state index is 0.265. The second-order valence-corrected chi connectivity index (χ2v) is 4.25. The van der Waals surface area contributed by atoms with Gasteiger partial charge in [0.05, 0.1) is 0 Å². The van der Waals surface area contributed by atoms with Crippen LogP contribution in [0, 0.1) is 5.92 Å². The van der Waals surface area contributed by atoms with Crippen LogP contribution in [0.2, 0.25) is 0 Å². The molecule has 0 radical (unpaired) electrons. The summed E-state index contributed by atoms with van der Waals surface area (Å²) in [4.78, 5) is 4.08. The van der Waals surface area contributed by atoms with E-state index in [0.717, 1.165) is 17.3 Å². The molecule has 0 aromatic carbocycles. The topological polar surface area (TPSA) is 33.1 Å². The van der Waals surface area contributed by atoms with Crippen LogP contribution in [0.1, 0.15) is 18.9 Å². The summed E-state index contributed by atoms with van der Waals surface area (Å²) in [7, 11) is 0. The molecule has 0 amide bonds. The highest BCUT2D eigenvalue weighted by atomic mass is 79.9.